The molecule has 0 spiro atoms. The van der Waals surface area contributed by atoms with E-state index in [9.17, 15) is 4.79 Å². The van der Waals surface area contributed by atoms with Crippen molar-refractivity contribution in [1.82, 2.24) is 9.55 Å². The van der Waals surface area contributed by atoms with Gasteiger partial charge in [-0.2, -0.15) is 0 Å². The first kappa shape index (κ1) is 10.7. The Morgan fingerprint density at radius 3 is 2.61 bits per heavy atom. The second-order valence-electron chi connectivity index (χ2n) is 4.20. The summed E-state index contributed by atoms with van der Waals surface area (Å²) in [6.45, 7) is 1.92. The molecule has 0 radical (unpaired) electrons. The zero-order valence-electron chi connectivity index (χ0n) is 10.00. The van der Waals surface area contributed by atoms with Crippen LogP contribution in [0.5, 0.6) is 0 Å². The molecule has 0 saturated carbocycles. The maximum absolute atomic E-state index is 11.9. The van der Waals surface area contributed by atoms with E-state index >= 15 is 0 Å². The highest BCUT2D eigenvalue weighted by molar-refractivity contribution is 5.76. The number of nitrogens with zero attached hydrogens (tertiary/aromatic N) is 2. The van der Waals surface area contributed by atoms with E-state index in [1.807, 2.05) is 47.9 Å². The second kappa shape index (κ2) is 4.11. The van der Waals surface area contributed by atoms with Crippen LogP contribution in [0, 0.1) is 6.92 Å². The minimum Gasteiger partial charge on any atom is -0.298 e. The molecule has 3 aromatic rings. The first-order valence-corrected chi connectivity index (χ1v) is 5.80. The Hall–Kier alpha value is -2.42. The third kappa shape index (κ3) is 1.61. The van der Waals surface area contributed by atoms with Gasteiger partial charge in [-0.15, -0.1) is 0 Å². The monoisotopic (exact) mass is 236 g/mol. The van der Waals surface area contributed by atoms with Crippen molar-refractivity contribution in [3.05, 3.63) is 70.6 Å². The fourth-order valence-corrected chi connectivity index (χ4v) is 2.17. The van der Waals surface area contributed by atoms with Gasteiger partial charge in [-0.3, -0.25) is 9.36 Å². The maximum atomic E-state index is 11.9. The average Bonchev–Trinajstić information content (AvgIpc) is 2.40. The summed E-state index contributed by atoms with van der Waals surface area (Å²) in [5.74, 6) is 0. The molecule has 3 nitrogen and oxygen atoms in total. The van der Waals surface area contributed by atoms with Gasteiger partial charge in [0.2, 0.25) is 0 Å². The molecule has 0 unspecified atom stereocenters. The lowest BCUT2D eigenvalue weighted by Crippen LogP contribution is -2.11. The fraction of sp³-hybridized carbons (Fsp3) is 0.0667. The highest BCUT2D eigenvalue weighted by atomic mass is 16.1. The molecule has 18 heavy (non-hydrogen) atoms. The molecule has 0 aliphatic carbocycles. The SMILES string of the molecule is Cc1cc(=O)c2cccnc2n1-c1ccccc1. The lowest BCUT2D eigenvalue weighted by atomic mass is 10.2. The Morgan fingerprint density at radius 2 is 1.83 bits per heavy atom. The van der Waals surface area contributed by atoms with Gasteiger partial charge in [-0.1, -0.05) is 18.2 Å². The van der Waals surface area contributed by atoms with Gasteiger partial charge >= 0.3 is 0 Å². The molecule has 88 valence electrons. The van der Waals surface area contributed by atoms with Gasteiger partial charge in [0.25, 0.3) is 0 Å². The predicted molar refractivity (Wildman–Crippen MR) is 72.1 cm³/mol. The number of rotatable bonds is 1. The van der Waals surface area contributed by atoms with Gasteiger partial charge in [0, 0.05) is 23.6 Å². The van der Waals surface area contributed by atoms with Crippen LogP contribution >= 0.6 is 0 Å². The molecule has 3 heteroatoms. The minimum atomic E-state index is 0.0165. The van der Waals surface area contributed by atoms with E-state index in [1.165, 1.54) is 0 Å². The molecule has 0 amide bonds. The van der Waals surface area contributed by atoms with E-state index in [1.54, 1.807) is 18.3 Å². The molecule has 0 bridgehead atoms. The van der Waals surface area contributed by atoms with Crippen LogP contribution in [-0.4, -0.2) is 9.55 Å². The van der Waals surface area contributed by atoms with E-state index in [0.29, 0.717) is 11.0 Å². The summed E-state index contributed by atoms with van der Waals surface area (Å²) in [6.07, 6.45) is 1.71. The highest BCUT2D eigenvalue weighted by Gasteiger charge is 2.08. The third-order valence-electron chi connectivity index (χ3n) is 2.97. The fourth-order valence-electron chi connectivity index (χ4n) is 2.17. The number of aromatic nitrogens is 2. The summed E-state index contributed by atoms with van der Waals surface area (Å²) in [5, 5.41) is 0.645. The van der Waals surface area contributed by atoms with Crippen molar-refractivity contribution in [2.24, 2.45) is 0 Å². The molecular weight excluding hydrogens is 224 g/mol. The Bertz CT molecular complexity index is 760. The molecule has 2 aromatic heterocycles. The average molecular weight is 236 g/mol. The second-order valence-corrected chi connectivity index (χ2v) is 4.20. The molecule has 3 rings (SSSR count). The number of fused-ring (bicyclic) bond motifs is 1. The van der Waals surface area contributed by atoms with Crippen LogP contribution < -0.4 is 5.43 Å². The standard InChI is InChI=1S/C15H12N2O/c1-11-10-14(18)13-8-5-9-16-15(13)17(11)12-6-3-2-4-7-12/h2-10H,1H3. The molecule has 1 aromatic carbocycles. The molecule has 0 aliphatic heterocycles. The largest absolute Gasteiger partial charge is 0.298 e. The van der Waals surface area contributed by atoms with Gasteiger partial charge in [0.15, 0.2) is 5.43 Å². The first-order valence-electron chi connectivity index (χ1n) is 5.80. The first-order chi connectivity index (χ1) is 8.77. The van der Waals surface area contributed by atoms with E-state index < -0.39 is 0 Å². The predicted octanol–water partition coefficient (Wildman–Crippen LogP) is 2.69. The van der Waals surface area contributed by atoms with E-state index in [-0.39, 0.29) is 5.43 Å². The lowest BCUT2D eigenvalue weighted by Gasteiger charge is -2.13. The van der Waals surface area contributed by atoms with E-state index in [4.69, 9.17) is 0 Å². The summed E-state index contributed by atoms with van der Waals surface area (Å²) >= 11 is 0. The van der Waals surface area contributed by atoms with Crippen LogP contribution in [0.15, 0.2) is 59.5 Å². The quantitative estimate of drug-likeness (QED) is 0.651. The number of hydrogen-bond acceptors (Lipinski definition) is 2. The van der Waals surface area contributed by atoms with E-state index in [2.05, 4.69) is 4.98 Å². The van der Waals surface area contributed by atoms with Crippen molar-refractivity contribution in [3.63, 3.8) is 0 Å². The Labute approximate surface area is 104 Å². The lowest BCUT2D eigenvalue weighted by molar-refractivity contribution is 0.999. The third-order valence-corrected chi connectivity index (χ3v) is 2.97. The van der Waals surface area contributed by atoms with Crippen molar-refractivity contribution in [3.8, 4) is 5.69 Å². The molecule has 0 aliphatic rings. The number of hydrogen-bond donors (Lipinski definition) is 0. The van der Waals surface area contributed by atoms with Crippen molar-refractivity contribution in [1.29, 1.82) is 0 Å². The van der Waals surface area contributed by atoms with Gasteiger partial charge in [-0.25, -0.2) is 4.98 Å². The van der Waals surface area contributed by atoms with Gasteiger partial charge in [-0.05, 0) is 31.2 Å². The molecule has 0 fully saturated rings. The van der Waals surface area contributed by atoms with Crippen molar-refractivity contribution in [2.45, 2.75) is 6.92 Å². The van der Waals surface area contributed by atoms with E-state index in [0.717, 1.165) is 11.4 Å². The summed E-state index contributed by atoms with van der Waals surface area (Å²) < 4.78 is 2.00. The summed E-state index contributed by atoms with van der Waals surface area (Å²) in [7, 11) is 0. The van der Waals surface area contributed by atoms with Crippen molar-refractivity contribution in [2.75, 3.05) is 0 Å². The Kier molecular flexibility index (Phi) is 2.45. The number of aryl methyl sites for hydroxylation is 1. The van der Waals surface area contributed by atoms with Crippen LogP contribution in [-0.2, 0) is 0 Å². The van der Waals surface area contributed by atoms with Gasteiger partial charge in [0.05, 0.1) is 5.39 Å². The summed E-state index contributed by atoms with van der Waals surface area (Å²) in [5.41, 5.74) is 2.62. The van der Waals surface area contributed by atoms with Crippen LogP contribution in [0.2, 0.25) is 0 Å². The molecule has 2 heterocycles. The van der Waals surface area contributed by atoms with Crippen LogP contribution in [0.25, 0.3) is 16.7 Å². The number of para-hydroxylation sites is 1. The maximum Gasteiger partial charge on any atom is 0.191 e. The van der Waals surface area contributed by atoms with Gasteiger partial charge < -0.3 is 0 Å². The van der Waals surface area contributed by atoms with Crippen LogP contribution in [0.1, 0.15) is 5.69 Å². The zero-order valence-corrected chi connectivity index (χ0v) is 10.00. The van der Waals surface area contributed by atoms with Crippen molar-refractivity contribution >= 4 is 11.0 Å². The van der Waals surface area contributed by atoms with Crippen LogP contribution in [0.4, 0.5) is 0 Å². The highest BCUT2D eigenvalue weighted by Crippen LogP contribution is 2.16. The molecule has 0 saturated heterocycles. The topological polar surface area (TPSA) is 34.9 Å². The normalized spacial score (nSPS) is 10.7. The smallest absolute Gasteiger partial charge is 0.191 e. The summed E-state index contributed by atoms with van der Waals surface area (Å²) in [6, 6.07) is 15.2. The van der Waals surface area contributed by atoms with Crippen molar-refractivity contribution < 1.29 is 0 Å². The Morgan fingerprint density at radius 1 is 1.06 bits per heavy atom. The minimum absolute atomic E-state index is 0.0165. The van der Waals surface area contributed by atoms with Crippen LogP contribution in [0.3, 0.4) is 0 Å². The number of pyridine rings is 2. The Balaban J connectivity index is 2.46. The molecular formula is C15H12N2O. The molecule has 0 atom stereocenters. The molecule has 0 N–H and O–H groups in total. The zero-order chi connectivity index (χ0) is 12.5. The van der Waals surface area contributed by atoms with Gasteiger partial charge in [0.1, 0.15) is 5.65 Å². The summed E-state index contributed by atoms with van der Waals surface area (Å²) in [4.78, 5) is 16.3. The number of benzene rings is 1.